The van der Waals surface area contributed by atoms with Crippen LogP contribution in [0, 0.1) is 0 Å². The highest BCUT2D eigenvalue weighted by molar-refractivity contribution is 7.99. The van der Waals surface area contributed by atoms with Gasteiger partial charge in [0.25, 0.3) is 0 Å². The fourth-order valence-electron chi connectivity index (χ4n) is 2.12. The van der Waals surface area contributed by atoms with Gasteiger partial charge in [0.05, 0.1) is 12.9 Å². The van der Waals surface area contributed by atoms with Gasteiger partial charge in [0.1, 0.15) is 5.75 Å². The second kappa shape index (κ2) is 11.7. The SMILES string of the molecule is COc1ccc(CSCC(=O)NCCSCc2ccc(Cl)cc2Cl)cc1. The van der Waals surface area contributed by atoms with Crippen LogP contribution in [-0.2, 0) is 16.3 Å². The zero-order chi connectivity index (χ0) is 18.8. The molecule has 1 amide bonds. The first-order valence-corrected chi connectivity index (χ1v) is 11.1. The summed E-state index contributed by atoms with van der Waals surface area (Å²) in [4.78, 5) is 11.9. The summed E-state index contributed by atoms with van der Waals surface area (Å²) in [6, 6.07) is 13.4. The number of carbonyl (C=O) groups is 1. The van der Waals surface area contributed by atoms with E-state index in [1.807, 2.05) is 36.4 Å². The fraction of sp³-hybridized carbons (Fsp3) is 0.316. The number of rotatable bonds is 10. The van der Waals surface area contributed by atoms with Crippen LogP contribution in [0.25, 0.3) is 0 Å². The molecular formula is C19H21Cl2NO2S2. The van der Waals surface area contributed by atoms with Gasteiger partial charge >= 0.3 is 0 Å². The van der Waals surface area contributed by atoms with Gasteiger partial charge in [-0.2, -0.15) is 11.8 Å². The minimum Gasteiger partial charge on any atom is -0.497 e. The van der Waals surface area contributed by atoms with Gasteiger partial charge in [0, 0.05) is 33.8 Å². The van der Waals surface area contributed by atoms with E-state index >= 15 is 0 Å². The Bertz CT molecular complexity index is 711. The van der Waals surface area contributed by atoms with Gasteiger partial charge < -0.3 is 10.1 Å². The molecule has 0 unspecified atom stereocenters. The molecule has 7 heteroatoms. The monoisotopic (exact) mass is 429 g/mol. The van der Waals surface area contributed by atoms with E-state index in [2.05, 4.69) is 5.32 Å². The standard InChI is InChI=1S/C19H21Cl2NO2S2/c1-24-17-6-2-14(3-7-17)11-26-13-19(23)22-8-9-25-12-15-4-5-16(20)10-18(15)21/h2-7,10H,8-9,11-13H2,1H3,(H,22,23). The first-order chi connectivity index (χ1) is 12.6. The highest BCUT2D eigenvalue weighted by Gasteiger charge is 2.04. The number of carbonyl (C=O) groups excluding carboxylic acids is 1. The molecule has 0 saturated carbocycles. The maximum atomic E-state index is 11.9. The van der Waals surface area contributed by atoms with Gasteiger partial charge in [0.2, 0.25) is 5.91 Å². The molecule has 1 N–H and O–H groups in total. The van der Waals surface area contributed by atoms with Crippen LogP contribution in [0.2, 0.25) is 10.0 Å². The smallest absolute Gasteiger partial charge is 0.230 e. The summed E-state index contributed by atoms with van der Waals surface area (Å²) >= 11 is 15.4. The zero-order valence-electron chi connectivity index (χ0n) is 14.5. The number of amides is 1. The number of hydrogen-bond donors (Lipinski definition) is 1. The van der Waals surface area contributed by atoms with Crippen molar-refractivity contribution < 1.29 is 9.53 Å². The average molecular weight is 430 g/mol. The maximum Gasteiger partial charge on any atom is 0.230 e. The lowest BCUT2D eigenvalue weighted by Gasteiger charge is -2.07. The van der Waals surface area contributed by atoms with Crippen LogP contribution in [0.5, 0.6) is 5.75 Å². The van der Waals surface area contributed by atoms with Crippen molar-refractivity contribution >= 4 is 52.6 Å². The molecule has 0 radical (unpaired) electrons. The molecule has 0 aliphatic heterocycles. The lowest BCUT2D eigenvalue weighted by Crippen LogP contribution is -2.27. The van der Waals surface area contributed by atoms with E-state index in [4.69, 9.17) is 27.9 Å². The Kier molecular flexibility index (Phi) is 9.54. The number of halogens is 2. The Balaban J connectivity index is 1.55. The van der Waals surface area contributed by atoms with Crippen LogP contribution in [0.1, 0.15) is 11.1 Å². The molecule has 26 heavy (non-hydrogen) atoms. The van der Waals surface area contributed by atoms with E-state index in [0.717, 1.165) is 28.6 Å². The predicted octanol–water partition coefficient (Wildman–Crippen LogP) is 5.28. The lowest BCUT2D eigenvalue weighted by atomic mass is 10.2. The third kappa shape index (κ3) is 7.70. The molecule has 3 nitrogen and oxygen atoms in total. The topological polar surface area (TPSA) is 38.3 Å². The van der Waals surface area contributed by atoms with E-state index in [1.54, 1.807) is 36.7 Å². The van der Waals surface area contributed by atoms with Crippen molar-refractivity contribution in [3.8, 4) is 5.75 Å². The third-order valence-electron chi connectivity index (χ3n) is 3.50. The van der Waals surface area contributed by atoms with E-state index < -0.39 is 0 Å². The van der Waals surface area contributed by atoms with Crippen molar-refractivity contribution in [2.24, 2.45) is 0 Å². The van der Waals surface area contributed by atoms with Gasteiger partial charge in [-0.25, -0.2) is 0 Å². The molecule has 2 aromatic rings. The van der Waals surface area contributed by atoms with Gasteiger partial charge in [-0.1, -0.05) is 41.4 Å². The van der Waals surface area contributed by atoms with Crippen molar-refractivity contribution in [1.82, 2.24) is 5.32 Å². The second-order valence-electron chi connectivity index (χ2n) is 5.48. The normalized spacial score (nSPS) is 10.6. The summed E-state index contributed by atoms with van der Waals surface area (Å²) < 4.78 is 5.13. The Morgan fingerprint density at radius 3 is 2.54 bits per heavy atom. The Morgan fingerprint density at radius 2 is 1.85 bits per heavy atom. The van der Waals surface area contributed by atoms with E-state index in [0.29, 0.717) is 22.3 Å². The number of benzene rings is 2. The zero-order valence-corrected chi connectivity index (χ0v) is 17.6. The fourth-order valence-corrected chi connectivity index (χ4v) is 4.35. The first kappa shape index (κ1) is 21.3. The van der Waals surface area contributed by atoms with Crippen molar-refractivity contribution in [3.05, 3.63) is 63.6 Å². The number of nitrogens with one attached hydrogen (secondary N) is 1. The van der Waals surface area contributed by atoms with Crippen molar-refractivity contribution in [2.75, 3.05) is 25.2 Å². The lowest BCUT2D eigenvalue weighted by molar-refractivity contribution is -0.118. The summed E-state index contributed by atoms with van der Waals surface area (Å²) in [6.07, 6.45) is 0. The molecule has 0 saturated heterocycles. The number of thioether (sulfide) groups is 2. The number of hydrogen-bond acceptors (Lipinski definition) is 4. The number of methoxy groups -OCH3 is 1. The van der Waals surface area contributed by atoms with Gasteiger partial charge in [-0.15, -0.1) is 11.8 Å². The molecule has 0 spiro atoms. The molecule has 2 rings (SSSR count). The molecule has 140 valence electrons. The Hall–Kier alpha value is -1.01. The molecular weight excluding hydrogens is 409 g/mol. The quantitative estimate of drug-likeness (QED) is 0.520. The number of ether oxygens (including phenoxy) is 1. The summed E-state index contributed by atoms with van der Waals surface area (Å²) in [5.41, 5.74) is 2.24. The molecule has 0 aliphatic carbocycles. The van der Waals surface area contributed by atoms with Crippen LogP contribution in [-0.4, -0.2) is 31.1 Å². The van der Waals surface area contributed by atoms with Gasteiger partial charge in [-0.3, -0.25) is 4.79 Å². The largest absolute Gasteiger partial charge is 0.497 e. The third-order valence-corrected chi connectivity index (χ3v) is 6.10. The first-order valence-electron chi connectivity index (χ1n) is 8.07. The Labute approximate surface area is 173 Å². The highest BCUT2D eigenvalue weighted by Crippen LogP contribution is 2.24. The van der Waals surface area contributed by atoms with Gasteiger partial charge in [0.15, 0.2) is 0 Å². The minimum absolute atomic E-state index is 0.0636. The Morgan fingerprint density at radius 1 is 1.08 bits per heavy atom. The minimum atomic E-state index is 0.0636. The van der Waals surface area contributed by atoms with Crippen LogP contribution in [0.15, 0.2) is 42.5 Å². The van der Waals surface area contributed by atoms with Crippen LogP contribution >= 0.6 is 46.7 Å². The molecule has 0 aromatic heterocycles. The predicted molar refractivity (Wildman–Crippen MR) is 115 cm³/mol. The molecule has 0 heterocycles. The summed E-state index contributed by atoms with van der Waals surface area (Å²) in [5.74, 6) is 3.81. The van der Waals surface area contributed by atoms with Crippen molar-refractivity contribution in [1.29, 1.82) is 0 Å². The van der Waals surface area contributed by atoms with Gasteiger partial charge in [-0.05, 0) is 35.4 Å². The maximum absolute atomic E-state index is 11.9. The van der Waals surface area contributed by atoms with E-state index in [9.17, 15) is 4.79 Å². The highest BCUT2D eigenvalue weighted by atomic mass is 35.5. The van der Waals surface area contributed by atoms with E-state index in [1.165, 1.54) is 5.56 Å². The van der Waals surface area contributed by atoms with Crippen LogP contribution in [0.3, 0.4) is 0 Å². The summed E-state index contributed by atoms with van der Waals surface area (Å²) in [5, 5.41) is 4.27. The van der Waals surface area contributed by atoms with Crippen LogP contribution < -0.4 is 10.1 Å². The summed E-state index contributed by atoms with van der Waals surface area (Å²) in [7, 11) is 1.65. The average Bonchev–Trinajstić information content (AvgIpc) is 2.63. The van der Waals surface area contributed by atoms with Crippen molar-refractivity contribution in [3.63, 3.8) is 0 Å². The molecule has 0 aliphatic rings. The van der Waals surface area contributed by atoms with Crippen molar-refractivity contribution in [2.45, 2.75) is 11.5 Å². The second-order valence-corrected chi connectivity index (χ2v) is 8.41. The summed E-state index contributed by atoms with van der Waals surface area (Å²) in [6.45, 7) is 0.651. The molecule has 2 aromatic carbocycles. The molecule has 0 bridgehead atoms. The molecule has 0 fully saturated rings. The van der Waals surface area contributed by atoms with E-state index in [-0.39, 0.29) is 5.91 Å². The molecule has 0 atom stereocenters. The van der Waals surface area contributed by atoms with Crippen LogP contribution in [0.4, 0.5) is 0 Å².